The molecule has 1 aromatic carbocycles. The SMILES string of the molecule is Cc1ccc(O)c(C(C)NCC2CCCS2(=O)=O)c1. The van der Waals surface area contributed by atoms with Crippen molar-refractivity contribution >= 4 is 9.84 Å². The van der Waals surface area contributed by atoms with Crippen LogP contribution >= 0.6 is 0 Å². The highest BCUT2D eigenvalue weighted by Crippen LogP contribution is 2.26. The van der Waals surface area contributed by atoms with Gasteiger partial charge in [-0.2, -0.15) is 0 Å². The van der Waals surface area contributed by atoms with E-state index in [1.165, 1.54) is 0 Å². The number of rotatable bonds is 4. The first-order valence-corrected chi connectivity index (χ1v) is 8.36. The number of hydrogen-bond acceptors (Lipinski definition) is 4. The van der Waals surface area contributed by atoms with Crippen LogP contribution in [0.5, 0.6) is 5.75 Å². The highest BCUT2D eigenvalue weighted by atomic mass is 32.2. The normalized spacial score (nSPS) is 23.4. The third kappa shape index (κ3) is 3.28. The molecule has 5 heteroatoms. The fraction of sp³-hybridized carbons (Fsp3) is 0.571. The number of phenols is 1. The first kappa shape index (κ1) is 14.3. The van der Waals surface area contributed by atoms with Gasteiger partial charge in [-0.1, -0.05) is 17.7 Å². The second-order valence-corrected chi connectivity index (χ2v) is 7.72. The number of hydrogen-bond donors (Lipinski definition) is 2. The fourth-order valence-electron chi connectivity index (χ4n) is 2.53. The van der Waals surface area contributed by atoms with Crippen molar-refractivity contribution in [2.75, 3.05) is 12.3 Å². The lowest BCUT2D eigenvalue weighted by atomic mass is 10.0. The van der Waals surface area contributed by atoms with Crippen LogP contribution in [0.2, 0.25) is 0 Å². The van der Waals surface area contributed by atoms with Gasteiger partial charge in [0.1, 0.15) is 5.75 Å². The van der Waals surface area contributed by atoms with Crippen molar-refractivity contribution in [2.45, 2.75) is 38.0 Å². The molecular weight excluding hydrogens is 262 g/mol. The Morgan fingerprint density at radius 2 is 2.21 bits per heavy atom. The molecule has 1 fully saturated rings. The molecule has 19 heavy (non-hydrogen) atoms. The van der Waals surface area contributed by atoms with E-state index in [-0.39, 0.29) is 17.0 Å². The summed E-state index contributed by atoms with van der Waals surface area (Å²) in [6.07, 6.45) is 1.50. The van der Waals surface area contributed by atoms with Crippen molar-refractivity contribution in [2.24, 2.45) is 0 Å². The van der Waals surface area contributed by atoms with Gasteiger partial charge in [0.2, 0.25) is 0 Å². The number of benzene rings is 1. The second kappa shape index (κ2) is 5.51. The van der Waals surface area contributed by atoms with Crippen LogP contribution in [0.4, 0.5) is 0 Å². The van der Waals surface area contributed by atoms with Crippen molar-refractivity contribution in [1.29, 1.82) is 0 Å². The number of phenolic OH excluding ortho intramolecular Hbond substituents is 1. The summed E-state index contributed by atoms with van der Waals surface area (Å²) >= 11 is 0. The quantitative estimate of drug-likeness (QED) is 0.886. The molecule has 2 unspecified atom stereocenters. The zero-order valence-corrected chi connectivity index (χ0v) is 12.2. The molecule has 4 nitrogen and oxygen atoms in total. The lowest BCUT2D eigenvalue weighted by Crippen LogP contribution is -2.32. The molecule has 2 atom stereocenters. The summed E-state index contributed by atoms with van der Waals surface area (Å²) in [7, 11) is -2.91. The van der Waals surface area contributed by atoms with Crippen LogP contribution in [-0.2, 0) is 9.84 Å². The Morgan fingerprint density at radius 3 is 2.84 bits per heavy atom. The maximum atomic E-state index is 11.7. The molecule has 1 aliphatic rings. The number of sulfone groups is 1. The molecule has 2 N–H and O–H groups in total. The van der Waals surface area contributed by atoms with E-state index in [2.05, 4.69) is 5.32 Å². The molecule has 1 heterocycles. The summed E-state index contributed by atoms with van der Waals surface area (Å²) in [6, 6.07) is 5.40. The highest BCUT2D eigenvalue weighted by Gasteiger charge is 2.31. The summed E-state index contributed by atoms with van der Waals surface area (Å²) in [5.74, 6) is 0.559. The minimum Gasteiger partial charge on any atom is -0.508 e. The van der Waals surface area contributed by atoms with Gasteiger partial charge in [-0.05, 0) is 32.8 Å². The Kier molecular flexibility index (Phi) is 4.16. The van der Waals surface area contributed by atoms with Crippen LogP contribution < -0.4 is 5.32 Å². The lowest BCUT2D eigenvalue weighted by molar-refractivity contribution is 0.451. The number of aryl methyl sites for hydroxylation is 1. The fourth-order valence-corrected chi connectivity index (χ4v) is 4.30. The minimum atomic E-state index is -2.91. The summed E-state index contributed by atoms with van der Waals surface area (Å²) in [5, 5.41) is 12.8. The standard InChI is InChI=1S/C14H21NO3S/c1-10-5-6-14(16)13(8-10)11(2)15-9-12-4-3-7-19(12,17)18/h5-6,8,11-12,15-16H,3-4,7,9H2,1-2H3. The molecule has 0 spiro atoms. The molecule has 0 aromatic heterocycles. The molecule has 1 saturated heterocycles. The lowest BCUT2D eigenvalue weighted by Gasteiger charge is -2.18. The third-order valence-corrected chi connectivity index (χ3v) is 6.04. The Bertz CT molecular complexity index is 554. The summed E-state index contributed by atoms with van der Waals surface area (Å²) in [6.45, 7) is 4.37. The molecule has 0 amide bonds. The molecule has 0 radical (unpaired) electrons. The predicted molar refractivity (Wildman–Crippen MR) is 76.1 cm³/mol. The van der Waals surface area contributed by atoms with Gasteiger partial charge in [-0.25, -0.2) is 8.42 Å². The topological polar surface area (TPSA) is 66.4 Å². The third-order valence-electron chi connectivity index (χ3n) is 3.76. The predicted octanol–water partition coefficient (Wildman–Crippen LogP) is 1.93. The van der Waals surface area contributed by atoms with Gasteiger partial charge in [0.25, 0.3) is 0 Å². The minimum absolute atomic E-state index is 0.0595. The first-order valence-electron chi connectivity index (χ1n) is 6.64. The maximum absolute atomic E-state index is 11.7. The summed E-state index contributed by atoms with van der Waals surface area (Å²) in [5.41, 5.74) is 1.89. The smallest absolute Gasteiger partial charge is 0.154 e. The van der Waals surface area contributed by atoms with E-state index in [0.717, 1.165) is 24.0 Å². The highest BCUT2D eigenvalue weighted by molar-refractivity contribution is 7.92. The van der Waals surface area contributed by atoms with E-state index in [9.17, 15) is 13.5 Å². The average molecular weight is 283 g/mol. The monoisotopic (exact) mass is 283 g/mol. The van der Waals surface area contributed by atoms with E-state index in [1.807, 2.05) is 26.0 Å². The molecular formula is C14H21NO3S. The maximum Gasteiger partial charge on any atom is 0.154 e. The van der Waals surface area contributed by atoms with Crippen molar-refractivity contribution in [3.05, 3.63) is 29.3 Å². The second-order valence-electron chi connectivity index (χ2n) is 5.32. The molecule has 2 rings (SSSR count). The van der Waals surface area contributed by atoms with Gasteiger partial charge in [-0.3, -0.25) is 0 Å². The molecule has 1 aromatic rings. The Morgan fingerprint density at radius 1 is 1.47 bits per heavy atom. The van der Waals surface area contributed by atoms with Crippen LogP contribution in [0, 0.1) is 6.92 Å². The van der Waals surface area contributed by atoms with E-state index < -0.39 is 9.84 Å². The molecule has 106 valence electrons. The Balaban J connectivity index is 2.02. The molecule has 0 aliphatic carbocycles. The average Bonchev–Trinajstić information content (AvgIpc) is 2.68. The summed E-state index contributed by atoms with van der Waals surface area (Å²) < 4.78 is 23.5. The van der Waals surface area contributed by atoms with Gasteiger partial charge < -0.3 is 10.4 Å². The Labute approximate surface area is 114 Å². The molecule has 1 aliphatic heterocycles. The van der Waals surface area contributed by atoms with Gasteiger partial charge in [0, 0.05) is 18.2 Å². The summed E-state index contributed by atoms with van der Waals surface area (Å²) in [4.78, 5) is 0. The van der Waals surface area contributed by atoms with E-state index in [0.29, 0.717) is 12.3 Å². The zero-order valence-electron chi connectivity index (χ0n) is 11.4. The van der Waals surface area contributed by atoms with Gasteiger partial charge in [-0.15, -0.1) is 0 Å². The van der Waals surface area contributed by atoms with Crippen molar-refractivity contribution in [1.82, 2.24) is 5.32 Å². The van der Waals surface area contributed by atoms with Gasteiger partial charge in [0.15, 0.2) is 9.84 Å². The van der Waals surface area contributed by atoms with Crippen LogP contribution in [0.3, 0.4) is 0 Å². The van der Waals surface area contributed by atoms with Crippen LogP contribution in [0.15, 0.2) is 18.2 Å². The van der Waals surface area contributed by atoms with Crippen molar-refractivity contribution in [3.8, 4) is 5.75 Å². The van der Waals surface area contributed by atoms with Gasteiger partial charge >= 0.3 is 0 Å². The van der Waals surface area contributed by atoms with Crippen LogP contribution in [-0.4, -0.2) is 31.1 Å². The first-order chi connectivity index (χ1) is 8.90. The number of aromatic hydroxyl groups is 1. The van der Waals surface area contributed by atoms with E-state index in [4.69, 9.17) is 0 Å². The van der Waals surface area contributed by atoms with Crippen molar-refractivity contribution in [3.63, 3.8) is 0 Å². The van der Waals surface area contributed by atoms with Gasteiger partial charge in [0.05, 0.1) is 11.0 Å². The zero-order chi connectivity index (χ0) is 14.0. The molecule has 0 saturated carbocycles. The van der Waals surface area contributed by atoms with Crippen molar-refractivity contribution < 1.29 is 13.5 Å². The number of nitrogens with one attached hydrogen (secondary N) is 1. The van der Waals surface area contributed by atoms with E-state index >= 15 is 0 Å². The van der Waals surface area contributed by atoms with Crippen LogP contribution in [0.25, 0.3) is 0 Å². The van der Waals surface area contributed by atoms with Crippen LogP contribution in [0.1, 0.15) is 36.9 Å². The molecule has 0 bridgehead atoms. The Hall–Kier alpha value is -1.07. The largest absolute Gasteiger partial charge is 0.508 e. The van der Waals surface area contributed by atoms with E-state index in [1.54, 1.807) is 6.07 Å².